The lowest BCUT2D eigenvalue weighted by molar-refractivity contribution is 0.0949. The molecule has 0 aromatic carbocycles. The number of hydrogen-bond donors (Lipinski definition) is 2. The zero-order chi connectivity index (χ0) is 13.8. The van der Waals surface area contributed by atoms with Crippen LogP contribution in [0.4, 0.5) is 0 Å². The van der Waals surface area contributed by atoms with E-state index in [1.54, 1.807) is 28.7 Å². The number of aromatic nitrogens is 2. The molecule has 3 heterocycles. The maximum atomic E-state index is 12.0. The van der Waals surface area contributed by atoms with E-state index in [4.69, 9.17) is 0 Å². The summed E-state index contributed by atoms with van der Waals surface area (Å²) in [4.78, 5) is 14.3. The zero-order valence-corrected chi connectivity index (χ0v) is 12.3. The Labute approximate surface area is 124 Å². The molecule has 20 heavy (non-hydrogen) atoms. The van der Waals surface area contributed by atoms with Crippen molar-refractivity contribution in [3.8, 4) is 10.6 Å². The molecule has 3 aromatic heterocycles. The second-order valence-corrected chi connectivity index (χ2v) is 6.21. The van der Waals surface area contributed by atoms with Gasteiger partial charge in [-0.25, -0.2) is 0 Å². The van der Waals surface area contributed by atoms with Gasteiger partial charge in [0.2, 0.25) is 0 Å². The summed E-state index contributed by atoms with van der Waals surface area (Å²) in [5.74, 6) is -0.138. The molecule has 1 amide bonds. The molecule has 6 heteroatoms. The number of nitrogens with zero attached hydrogens (tertiary/aromatic N) is 1. The minimum Gasteiger partial charge on any atom is -0.350 e. The highest BCUT2D eigenvalue weighted by Crippen LogP contribution is 2.22. The van der Waals surface area contributed by atoms with Crippen LogP contribution in [0, 0.1) is 0 Å². The molecule has 3 rings (SSSR count). The van der Waals surface area contributed by atoms with Gasteiger partial charge in [0.1, 0.15) is 0 Å². The van der Waals surface area contributed by atoms with E-state index >= 15 is 0 Å². The van der Waals surface area contributed by atoms with E-state index in [1.807, 2.05) is 29.0 Å². The second-order valence-electron chi connectivity index (χ2n) is 4.23. The predicted octanol–water partition coefficient (Wildman–Crippen LogP) is 3.17. The Balaban J connectivity index is 1.57. The molecule has 102 valence electrons. The molecule has 0 spiro atoms. The molecule has 3 aromatic rings. The number of carbonyl (C=O) groups excluding carboxylic acids is 1. The Hall–Kier alpha value is -1.92. The summed E-state index contributed by atoms with van der Waals surface area (Å²) >= 11 is 3.32. The van der Waals surface area contributed by atoms with Crippen LogP contribution >= 0.6 is 22.7 Å². The first-order chi connectivity index (χ1) is 9.83. The molecule has 0 unspecified atom stereocenters. The van der Waals surface area contributed by atoms with Gasteiger partial charge in [0.15, 0.2) is 5.69 Å². The summed E-state index contributed by atoms with van der Waals surface area (Å²) in [6.45, 7) is 0.626. The Morgan fingerprint density at radius 2 is 2.10 bits per heavy atom. The van der Waals surface area contributed by atoms with Crippen LogP contribution in [-0.4, -0.2) is 22.6 Å². The minimum atomic E-state index is -0.138. The molecule has 0 saturated carbocycles. The molecule has 0 bridgehead atoms. The maximum Gasteiger partial charge on any atom is 0.271 e. The molecule has 0 saturated heterocycles. The Morgan fingerprint density at radius 3 is 2.85 bits per heavy atom. The second kappa shape index (κ2) is 6.02. The van der Waals surface area contributed by atoms with Gasteiger partial charge in [-0.05, 0) is 35.4 Å². The molecular weight excluding hydrogens is 290 g/mol. The molecule has 0 aliphatic rings. The van der Waals surface area contributed by atoms with Crippen molar-refractivity contribution in [1.29, 1.82) is 0 Å². The first-order valence-corrected chi connectivity index (χ1v) is 7.99. The molecule has 0 radical (unpaired) electrons. The van der Waals surface area contributed by atoms with Crippen LogP contribution in [0.25, 0.3) is 10.6 Å². The first kappa shape index (κ1) is 13.1. The van der Waals surface area contributed by atoms with Crippen LogP contribution in [0.1, 0.15) is 15.4 Å². The number of aromatic amines is 1. The third kappa shape index (κ3) is 2.97. The lowest BCUT2D eigenvalue weighted by Crippen LogP contribution is -2.25. The standard InChI is InChI=1S/C14H13N3OS2/c18-14(15-6-5-10-3-1-7-19-10)12-9-11(16-17-12)13-4-2-8-20-13/h1-4,7-9H,5-6H2,(H,15,18)(H,16,17). The number of rotatable bonds is 5. The summed E-state index contributed by atoms with van der Waals surface area (Å²) in [5.41, 5.74) is 1.31. The van der Waals surface area contributed by atoms with Gasteiger partial charge in [-0.3, -0.25) is 9.89 Å². The van der Waals surface area contributed by atoms with E-state index in [1.165, 1.54) is 4.88 Å². The highest BCUT2D eigenvalue weighted by molar-refractivity contribution is 7.13. The van der Waals surface area contributed by atoms with Crippen molar-refractivity contribution in [2.24, 2.45) is 0 Å². The van der Waals surface area contributed by atoms with Gasteiger partial charge in [-0.15, -0.1) is 22.7 Å². The SMILES string of the molecule is O=C(NCCc1cccs1)c1cc(-c2cccs2)[nH]n1. The Kier molecular flexibility index (Phi) is 3.94. The van der Waals surface area contributed by atoms with Crippen LogP contribution in [0.2, 0.25) is 0 Å². The van der Waals surface area contributed by atoms with E-state index in [-0.39, 0.29) is 5.91 Å². The van der Waals surface area contributed by atoms with Gasteiger partial charge in [0.25, 0.3) is 5.91 Å². The van der Waals surface area contributed by atoms with Gasteiger partial charge in [0.05, 0.1) is 10.6 Å². The highest BCUT2D eigenvalue weighted by Gasteiger charge is 2.11. The number of carbonyl (C=O) groups is 1. The van der Waals surface area contributed by atoms with Crippen LogP contribution in [0.5, 0.6) is 0 Å². The van der Waals surface area contributed by atoms with Crippen molar-refractivity contribution in [3.63, 3.8) is 0 Å². The maximum absolute atomic E-state index is 12.0. The van der Waals surface area contributed by atoms with Crippen molar-refractivity contribution in [3.05, 3.63) is 51.7 Å². The summed E-state index contributed by atoms with van der Waals surface area (Å²) < 4.78 is 0. The van der Waals surface area contributed by atoms with Crippen molar-refractivity contribution < 1.29 is 4.79 Å². The Bertz CT molecular complexity index is 671. The van der Waals surface area contributed by atoms with Crippen molar-refractivity contribution in [2.75, 3.05) is 6.54 Å². The number of hydrogen-bond acceptors (Lipinski definition) is 4. The average Bonchev–Trinajstić information content (AvgIpc) is 3.20. The van der Waals surface area contributed by atoms with Gasteiger partial charge >= 0.3 is 0 Å². The number of nitrogens with one attached hydrogen (secondary N) is 2. The summed E-state index contributed by atoms with van der Waals surface area (Å²) in [7, 11) is 0. The summed E-state index contributed by atoms with van der Waals surface area (Å²) in [6, 6.07) is 9.84. The van der Waals surface area contributed by atoms with E-state index in [2.05, 4.69) is 21.6 Å². The molecular formula is C14H13N3OS2. The molecule has 0 fully saturated rings. The molecule has 0 aliphatic carbocycles. The van der Waals surface area contributed by atoms with Crippen molar-refractivity contribution >= 4 is 28.6 Å². The van der Waals surface area contributed by atoms with E-state index in [0.717, 1.165) is 17.0 Å². The number of H-pyrrole nitrogens is 1. The lowest BCUT2D eigenvalue weighted by atomic mass is 10.3. The molecule has 0 atom stereocenters. The van der Waals surface area contributed by atoms with Crippen LogP contribution in [-0.2, 0) is 6.42 Å². The van der Waals surface area contributed by atoms with E-state index < -0.39 is 0 Å². The van der Waals surface area contributed by atoms with Crippen LogP contribution < -0.4 is 5.32 Å². The Morgan fingerprint density at radius 1 is 1.25 bits per heavy atom. The monoisotopic (exact) mass is 303 g/mol. The van der Waals surface area contributed by atoms with Gasteiger partial charge in [-0.1, -0.05) is 12.1 Å². The first-order valence-electron chi connectivity index (χ1n) is 6.23. The molecule has 0 aliphatic heterocycles. The fraction of sp³-hybridized carbons (Fsp3) is 0.143. The van der Waals surface area contributed by atoms with Gasteiger partial charge < -0.3 is 5.32 Å². The normalized spacial score (nSPS) is 10.6. The topological polar surface area (TPSA) is 57.8 Å². The molecule has 2 N–H and O–H groups in total. The van der Waals surface area contributed by atoms with Gasteiger partial charge in [-0.2, -0.15) is 5.10 Å². The predicted molar refractivity (Wildman–Crippen MR) is 82.3 cm³/mol. The van der Waals surface area contributed by atoms with E-state index in [0.29, 0.717) is 12.2 Å². The van der Waals surface area contributed by atoms with Crippen molar-refractivity contribution in [1.82, 2.24) is 15.5 Å². The lowest BCUT2D eigenvalue weighted by Gasteiger charge is -2.00. The smallest absolute Gasteiger partial charge is 0.271 e. The largest absolute Gasteiger partial charge is 0.350 e. The number of amides is 1. The number of thiophene rings is 2. The average molecular weight is 303 g/mol. The quantitative estimate of drug-likeness (QED) is 0.760. The summed E-state index contributed by atoms with van der Waals surface area (Å²) in [5, 5.41) is 13.9. The minimum absolute atomic E-state index is 0.138. The van der Waals surface area contributed by atoms with Crippen LogP contribution in [0.15, 0.2) is 41.1 Å². The molecule has 4 nitrogen and oxygen atoms in total. The fourth-order valence-electron chi connectivity index (χ4n) is 1.84. The fourth-order valence-corrected chi connectivity index (χ4v) is 3.24. The highest BCUT2D eigenvalue weighted by atomic mass is 32.1. The third-order valence-corrected chi connectivity index (χ3v) is 4.67. The van der Waals surface area contributed by atoms with E-state index in [9.17, 15) is 4.79 Å². The third-order valence-electron chi connectivity index (χ3n) is 2.83. The summed E-state index contributed by atoms with van der Waals surface area (Å²) in [6.07, 6.45) is 0.853. The zero-order valence-electron chi connectivity index (χ0n) is 10.6. The van der Waals surface area contributed by atoms with Gasteiger partial charge in [0, 0.05) is 11.4 Å². The van der Waals surface area contributed by atoms with Crippen LogP contribution in [0.3, 0.4) is 0 Å². The van der Waals surface area contributed by atoms with Crippen molar-refractivity contribution in [2.45, 2.75) is 6.42 Å².